The number of benzene rings is 2. The van der Waals surface area contributed by atoms with Gasteiger partial charge in [0.25, 0.3) is 0 Å². The number of anilines is 2. The fraction of sp³-hybridized carbons (Fsp3) is 0.370. The molecule has 0 bridgehead atoms. The van der Waals surface area contributed by atoms with Crippen molar-refractivity contribution in [3.63, 3.8) is 0 Å². The SMILES string of the molecule is COC(=O)c1ccc([C@@H](CN2CCC2)N2CCN(c3ncnc(N)c3-c3ccc(F)cc3)CC2)cc1. The van der Waals surface area contributed by atoms with Crippen LogP contribution in [0.1, 0.15) is 28.4 Å². The molecule has 2 aliphatic heterocycles. The van der Waals surface area contributed by atoms with Gasteiger partial charge in [-0.1, -0.05) is 24.3 Å². The summed E-state index contributed by atoms with van der Waals surface area (Å²) in [6, 6.07) is 14.3. The third-order valence-electron chi connectivity index (χ3n) is 7.14. The van der Waals surface area contributed by atoms with E-state index in [1.165, 1.54) is 37.6 Å². The van der Waals surface area contributed by atoms with Crippen LogP contribution in [0.15, 0.2) is 54.9 Å². The van der Waals surface area contributed by atoms with Crippen molar-refractivity contribution in [3.05, 3.63) is 71.8 Å². The number of likely N-dealkylation sites (tertiary alicyclic amines) is 1. The number of methoxy groups -OCH3 is 1. The molecule has 0 radical (unpaired) electrons. The molecule has 2 N–H and O–H groups in total. The summed E-state index contributed by atoms with van der Waals surface area (Å²) in [6.45, 7) is 6.46. The zero-order chi connectivity index (χ0) is 25.1. The maximum absolute atomic E-state index is 13.5. The first kappa shape index (κ1) is 24.1. The number of piperazine rings is 1. The quantitative estimate of drug-likeness (QED) is 0.505. The lowest BCUT2D eigenvalue weighted by atomic mass is 10.00. The number of aromatic nitrogens is 2. The van der Waals surface area contributed by atoms with Crippen LogP contribution in [-0.2, 0) is 4.74 Å². The van der Waals surface area contributed by atoms with Crippen LogP contribution < -0.4 is 10.6 Å². The molecule has 36 heavy (non-hydrogen) atoms. The van der Waals surface area contributed by atoms with Gasteiger partial charge in [0.15, 0.2) is 0 Å². The molecule has 5 rings (SSSR count). The van der Waals surface area contributed by atoms with Crippen LogP contribution in [0.3, 0.4) is 0 Å². The number of nitrogen functional groups attached to an aromatic ring is 1. The molecule has 2 aliphatic rings. The Kier molecular flexibility index (Phi) is 7.11. The number of nitrogens with zero attached hydrogens (tertiary/aromatic N) is 5. The predicted molar refractivity (Wildman–Crippen MR) is 137 cm³/mol. The molecule has 2 fully saturated rings. The number of carbonyl (C=O) groups is 1. The van der Waals surface area contributed by atoms with Gasteiger partial charge in [0.2, 0.25) is 0 Å². The summed E-state index contributed by atoms with van der Waals surface area (Å²) in [6.07, 6.45) is 2.72. The summed E-state index contributed by atoms with van der Waals surface area (Å²) in [7, 11) is 1.40. The summed E-state index contributed by atoms with van der Waals surface area (Å²) in [4.78, 5) is 27.8. The summed E-state index contributed by atoms with van der Waals surface area (Å²) in [5, 5.41) is 0. The molecule has 0 amide bonds. The van der Waals surface area contributed by atoms with E-state index < -0.39 is 0 Å². The van der Waals surface area contributed by atoms with Gasteiger partial charge < -0.3 is 20.3 Å². The minimum Gasteiger partial charge on any atom is -0.465 e. The van der Waals surface area contributed by atoms with Gasteiger partial charge in [-0.2, -0.15) is 0 Å². The van der Waals surface area contributed by atoms with Crippen molar-refractivity contribution in [2.24, 2.45) is 0 Å². The summed E-state index contributed by atoms with van der Waals surface area (Å²) in [5.41, 5.74) is 9.54. The Morgan fingerprint density at radius 1 is 1.00 bits per heavy atom. The Hall–Kier alpha value is -3.56. The Morgan fingerprint density at radius 3 is 2.31 bits per heavy atom. The predicted octanol–water partition coefficient (Wildman–Crippen LogP) is 3.22. The molecule has 0 spiro atoms. The maximum Gasteiger partial charge on any atom is 0.337 e. The number of ether oxygens (including phenoxy) is 1. The monoisotopic (exact) mass is 490 g/mol. The lowest BCUT2D eigenvalue weighted by Crippen LogP contribution is -2.51. The number of hydrogen-bond acceptors (Lipinski definition) is 8. The van der Waals surface area contributed by atoms with Gasteiger partial charge in [-0.3, -0.25) is 4.90 Å². The lowest BCUT2D eigenvalue weighted by molar-refractivity contribution is 0.0600. The molecule has 1 aromatic heterocycles. The van der Waals surface area contributed by atoms with Crippen molar-refractivity contribution < 1.29 is 13.9 Å². The molecular weight excluding hydrogens is 459 g/mol. The van der Waals surface area contributed by atoms with Gasteiger partial charge in [-0.05, 0) is 54.9 Å². The first-order valence-corrected chi connectivity index (χ1v) is 12.3. The average Bonchev–Trinajstić information content (AvgIpc) is 2.88. The minimum atomic E-state index is -0.324. The highest BCUT2D eigenvalue weighted by Gasteiger charge is 2.30. The highest BCUT2D eigenvalue weighted by molar-refractivity contribution is 5.89. The van der Waals surface area contributed by atoms with Crippen molar-refractivity contribution in [2.45, 2.75) is 12.5 Å². The van der Waals surface area contributed by atoms with Gasteiger partial charge in [-0.15, -0.1) is 0 Å². The van der Waals surface area contributed by atoms with E-state index in [4.69, 9.17) is 10.5 Å². The van der Waals surface area contributed by atoms with Crippen molar-refractivity contribution in [1.82, 2.24) is 19.8 Å². The van der Waals surface area contributed by atoms with E-state index in [1.54, 1.807) is 12.1 Å². The van der Waals surface area contributed by atoms with Gasteiger partial charge in [0, 0.05) is 38.8 Å². The number of nitrogens with two attached hydrogens (primary N) is 1. The second kappa shape index (κ2) is 10.6. The van der Waals surface area contributed by atoms with Gasteiger partial charge in [-0.25, -0.2) is 19.2 Å². The molecule has 3 heterocycles. The van der Waals surface area contributed by atoms with Crippen molar-refractivity contribution in [2.75, 3.05) is 63.6 Å². The lowest BCUT2D eigenvalue weighted by Gasteiger charge is -2.43. The van der Waals surface area contributed by atoms with Crippen LogP contribution in [0.4, 0.5) is 16.0 Å². The van der Waals surface area contributed by atoms with Crippen molar-refractivity contribution >= 4 is 17.6 Å². The van der Waals surface area contributed by atoms with E-state index in [-0.39, 0.29) is 17.8 Å². The van der Waals surface area contributed by atoms with Gasteiger partial charge in [0.1, 0.15) is 23.8 Å². The van der Waals surface area contributed by atoms with E-state index in [2.05, 4.69) is 24.7 Å². The molecule has 2 saturated heterocycles. The first-order chi connectivity index (χ1) is 17.5. The maximum atomic E-state index is 13.5. The van der Waals surface area contributed by atoms with E-state index in [9.17, 15) is 9.18 Å². The number of rotatable bonds is 7. The highest BCUT2D eigenvalue weighted by Crippen LogP contribution is 2.34. The van der Waals surface area contributed by atoms with E-state index in [0.717, 1.165) is 62.8 Å². The normalized spacial score (nSPS) is 17.4. The molecule has 3 aromatic rings. The second-order valence-electron chi connectivity index (χ2n) is 9.27. The summed E-state index contributed by atoms with van der Waals surface area (Å²) in [5.74, 6) is 0.540. The minimum absolute atomic E-state index is 0.228. The number of hydrogen-bond donors (Lipinski definition) is 1. The standard InChI is InChI=1S/C27H31FN6O2/c1-36-27(35)21-5-3-19(4-6-21)23(17-32-11-2-12-32)33-13-15-34(16-14-33)26-24(25(29)30-18-31-26)20-7-9-22(28)10-8-20/h3-10,18,23H,2,11-17H2,1H3,(H2,29,30,31)/t23-/m1/s1. The first-order valence-electron chi connectivity index (χ1n) is 12.3. The molecule has 188 valence electrons. The zero-order valence-corrected chi connectivity index (χ0v) is 20.4. The van der Waals surface area contributed by atoms with Crippen molar-refractivity contribution in [3.8, 4) is 11.1 Å². The number of esters is 1. The van der Waals surface area contributed by atoms with Gasteiger partial charge >= 0.3 is 5.97 Å². The fourth-order valence-corrected chi connectivity index (χ4v) is 4.97. The van der Waals surface area contributed by atoms with E-state index >= 15 is 0 Å². The van der Waals surface area contributed by atoms with Crippen LogP contribution in [0.2, 0.25) is 0 Å². The summed E-state index contributed by atoms with van der Waals surface area (Å²) >= 11 is 0. The van der Waals surface area contributed by atoms with Crippen LogP contribution in [0.25, 0.3) is 11.1 Å². The smallest absolute Gasteiger partial charge is 0.337 e. The summed E-state index contributed by atoms with van der Waals surface area (Å²) < 4.78 is 18.4. The van der Waals surface area contributed by atoms with Crippen LogP contribution >= 0.6 is 0 Å². The Morgan fingerprint density at radius 2 is 1.69 bits per heavy atom. The van der Waals surface area contributed by atoms with Crippen LogP contribution in [0, 0.1) is 5.82 Å². The highest BCUT2D eigenvalue weighted by atomic mass is 19.1. The van der Waals surface area contributed by atoms with Crippen molar-refractivity contribution in [1.29, 1.82) is 0 Å². The molecule has 2 aromatic carbocycles. The Labute approximate surface area is 210 Å². The molecule has 9 heteroatoms. The largest absolute Gasteiger partial charge is 0.465 e. The van der Waals surface area contributed by atoms with E-state index in [1.807, 2.05) is 24.3 Å². The molecule has 0 aliphatic carbocycles. The molecular formula is C27H31FN6O2. The third kappa shape index (κ3) is 5.03. The van der Waals surface area contributed by atoms with Gasteiger partial charge in [0.05, 0.1) is 18.2 Å². The topological polar surface area (TPSA) is 87.8 Å². The molecule has 1 atom stereocenters. The molecule has 8 nitrogen and oxygen atoms in total. The Balaban J connectivity index is 1.34. The van der Waals surface area contributed by atoms with Crippen LogP contribution in [0.5, 0.6) is 0 Å². The Bertz CT molecular complexity index is 1190. The molecule has 0 unspecified atom stereocenters. The average molecular weight is 491 g/mol. The number of halogens is 1. The second-order valence-corrected chi connectivity index (χ2v) is 9.27. The third-order valence-corrected chi connectivity index (χ3v) is 7.14. The zero-order valence-electron chi connectivity index (χ0n) is 20.4. The van der Waals surface area contributed by atoms with E-state index in [0.29, 0.717) is 11.4 Å². The van der Waals surface area contributed by atoms with Crippen LogP contribution in [-0.4, -0.2) is 78.7 Å². The molecule has 0 saturated carbocycles. The number of carbonyl (C=O) groups excluding carboxylic acids is 1. The fourth-order valence-electron chi connectivity index (χ4n) is 4.97.